The molecule has 2 heterocycles. The Bertz CT molecular complexity index is 1090. The number of aryl methyl sites for hydroxylation is 2. The number of rotatable bonds is 10. The van der Waals surface area contributed by atoms with E-state index in [1.54, 1.807) is 18.2 Å². The number of aromatic amines is 2. The van der Waals surface area contributed by atoms with E-state index >= 15 is 0 Å². The van der Waals surface area contributed by atoms with Gasteiger partial charge in [-0.15, -0.1) is 10.2 Å². The minimum Gasteiger partial charge on any atom is -0.373 e. The maximum absolute atomic E-state index is 13.7. The number of unbranched alkanes of at least 4 members (excludes halogenated alkanes) is 2. The summed E-state index contributed by atoms with van der Waals surface area (Å²) in [5.74, 6) is 0.213. The number of nitrogens with one attached hydrogen (secondary N) is 2. The number of carbonyl (C=O) groups is 1. The van der Waals surface area contributed by atoms with Gasteiger partial charge in [-0.1, -0.05) is 57.9 Å². The molecular weight excluding hydrogens is 449 g/mol. The van der Waals surface area contributed by atoms with Gasteiger partial charge < -0.3 is 19.7 Å². The highest BCUT2D eigenvalue weighted by Crippen LogP contribution is 2.15. The lowest BCUT2D eigenvalue weighted by atomic mass is 10.1. The summed E-state index contributed by atoms with van der Waals surface area (Å²) in [6.45, 7) is 13.0. The van der Waals surface area contributed by atoms with E-state index in [4.69, 9.17) is 4.79 Å². The average molecular weight is 488 g/mol. The number of hydrogen-bond acceptors (Lipinski definition) is 6. The van der Waals surface area contributed by atoms with Gasteiger partial charge in [-0.3, -0.25) is 0 Å². The van der Waals surface area contributed by atoms with Gasteiger partial charge in [-0.2, -0.15) is 4.80 Å². The second-order valence-corrected chi connectivity index (χ2v) is 7.96. The molecule has 1 aromatic carbocycles. The summed E-state index contributed by atoms with van der Waals surface area (Å²) < 4.78 is 13.7. The molecule has 0 spiro atoms. The summed E-state index contributed by atoms with van der Waals surface area (Å²) in [6.07, 6.45) is 5.90. The van der Waals surface area contributed by atoms with Crippen LogP contribution >= 0.6 is 0 Å². The Hall–Kier alpha value is -3.56. The molecule has 10 heteroatoms. The van der Waals surface area contributed by atoms with Crippen LogP contribution in [0.4, 0.5) is 4.39 Å². The number of H-pyrrole nitrogens is 2. The van der Waals surface area contributed by atoms with Crippen LogP contribution in [0, 0.1) is 12.7 Å². The standard InChI is InChI=1S/C18H22FN7O.C5H12.C2H4O/c1-12-17(21-18(27)20-12)13(2)25(3)9-6-10-26-23-16(22-24-26)11-14-7-4-5-8-15(14)19;1-3-5-4-2;1-2-3/h4-5,7-8H,2,6,9-11H2,1,3H3,(H2,20,21,27);3-5H2,1-2H3;2H,1H3. The molecule has 0 aliphatic heterocycles. The van der Waals surface area contributed by atoms with Crippen molar-refractivity contribution in [2.75, 3.05) is 13.6 Å². The molecule has 2 N–H and O–H groups in total. The molecule has 0 radical (unpaired) electrons. The Kier molecular flexibility index (Phi) is 13.6. The predicted molar refractivity (Wildman–Crippen MR) is 136 cm³/mol. The van der Waals surface area contributed by atoms with Crippen molar-refractivity contribution in [2.45, 2.75) is 66.3 Å². The second kappa shape index (κ2) is 16.1. The quantitative estimate of drug-likeness (QED) is 0.416. The van der Waals surface area contributed by atoms with Crippen LogP contribution in [-0.4, -0.2) is 55.0 Å². The first-order valence-corrected chi connectivity index (χ1v) is 11.9. The van der Waals surface area contributed by atoms with Crippen molar-refractivity contribution < 1.29 is 9.18 Å². The smallest absolute Gasteiger partial charge is 0.323 e. The zero-order valence-corrected chi connectivity index (χ0v) is 21.5. The average Bonchev–Trinajstić information content (AvgIpc) is 3.41. The molecule has 0 atom stereocenters. The largest absolute Gasteiger partial charge is 0.373 e. The summed E-state index contributed by atoms with van der Waals surface area (Å²) in [5, 5.41) is 12.3. The molecule has 0 aliphatic carbocycles. The predicted octanol–water partition coefficient (Wildman–Crippen LogP) is 4.12. The first-order chi connectivity index (χ1) is 16.8. The molecule has 0 aliphatic rings. The van der Waals surface area contributed by atoms with Crippen LogP contribution in [0.5, 0.6) is 0 Å². The highest BCUT2D eigenvalue weighted by atomic mass is 19.1. The van der Waals surface area contributed by atoms with Crippen molar-refractivity contribution in [2.24, 2.45) is 0 Å². The van der Waals surface area contributed by atoms with Gasteiger partial charge in [0.1, 0.15) is 12.1 Å². The molecule has 3 aromatic rings. The Balaban J connectivity index is 0.000000669. The van der Waals surface area contributed by atoms with E-state index in [9.17, 15) is 9.18 Å². The SMILES string of the molecule is C=C(c1[nH]c(=O)[nH]c1C)N(C)CCCn1nnc(Cc2ccccc2F)n1.CC=O.CCCCC. The number of nitrogens with zero attached hydrogens (tertiary/aromatic N) is 5. The van der Waals surface area contributed by atoms with Gasteiger partial charge in [-0.25, -0.2) is 9.18 Å². The fourth-order valence-electron chi connectivity index (χ4n) is 3.14. The molecule has 0 saturated heterocycles. The molecule has 0 bridgehead atoms. The number of tetrazole rings is 1. The lowest BCUT2D eigenvalue weighted by molar-refractivity contribution is -0.106. The first-order valence-electron chi connectivity index (χ1n) is 11.9. The monoisotopic (exact) mass is 487 g/mol. The molecule has 2 aromatic heterocycles. The second-order valence-electron chi connectivity index (χ2n) is 7.96. The molecule has 35 heavy (non-hydrogen) atoms. The van der Waals surface area contributed by atoms with Crippen LogP contribution < -0.4 is 5.69 Å². The zero-order chi connectivity index (χ0) is 26.2. The van der Waals surface area contributed by atoms with Crippen LogP contribution in [0.15, 0.2) is 35.6 Å². The topological polar surface area (TPSA) is 113 Å². The third-order valence-corrected chi connectivity index (χ3v) is 5.02. The van der Waals surface area contributed by atoms with E-state index in [-0.39, 0.29) is 11.5 Å². The molecule has 0 saturated carbocycles. The molecule has 3 rings (SSSR count). The van der Waals surface area contributed by atoms with E-state index in [1.165, 1.54) is 37.0 Å². The molecule has 9 nitrogen and oxygen atoms in total. The van der Waals surface area contributed by atoms with Crippen molar-refractivity contribution in [1.29, 1.82) is 0 Å². The van der Waals surface area contributed by atoms with Crippen molar-refractivity contribution in [3.8, 4) is 0 Å². The number of benzene rings is 1. The summed E-state index contributed by atoms with van der Waals surface area (Å²) in [5.41, 5.74) is 2.49. The fourth-order valence-corrected chi connectivity index (χ4v) is 3.14. The number of halogens is 1. The summed E-state index contributed by atoms with van der Waals surface area (Å²) >= 11 is 0. The van der Waals surface area contributed by atoms with E-state index in [2.05, 4.69) is 45.8 Å². The van der Waals surface area contributed by atoms with E-state index in [0.717, 1.165) is 24.1 Å². The zero-order valence-electron chi connectivity index (χ0n) is 21.5. The molecule has 192 valence electrons. The Labute approximate surface area is 206 Å². The van der Waals surface area contributed by atoms with Crippen molar-refractivity contribution in [1.82, 2.24) is 35.1 Å². The molecule has 0 amide bonds. The van der Waals surface area contributed by atoms with Crippen LogP contribution in [0.3, 0.4) is 0 Å². The Morgan fingerprint density at radius 2 is 1.86 bits per heavy atom. The number of aromatic nitrogens is 6. The number of aldehydes is 1. The van der Waals surface area contributed by atoms with Crippen LogP contribution in [0.2, 0.25) is 0 Å². The van der Waals surface area contributed by atoms with Gasteiger partial charge in [-0.05, 0) is 37.1 Å². The van der Waals surface area contributed by atoms with E-state index in [1.807, 2.05) is 18.9 Å². The normalized spacial score (nSPS) is 10.0. The number of hydrogen-bond donors (Lipinski definition) is 2. The third-order valence-electron chi connectivity index (χ3n) is 5.02. The van der Waals surface area contributed by atoms with Gasteiger partial charge in [0.25, 0.3) is 0 Å². The van der Waals surface area contributed by atoms with Crippen molar-refractivity contribution in [3.05, 3.63) is 69.9 Å². The maximum Gasteiger partial charge on any atom is 0.323 e. The minimum absolute atomic E-state index is 0.244. The van der Waals surface area contributed by atoms with Crippen molar-refractivity contribution in [3.63, 3.8) is 0 Å². The third kappa shape index (κ3) is 10.5. The lowest BCUT2D eigenvalue weighted by Crippen LogP contribution is -2.20. The minimum atomic E-state index is -0.271. The van der Waals surface area contributed by atoms with E-state index in [0.29, 0.717) is 36.6 Å². The highest BCUT2D eigenvalue weighted by Gasteiger charge is 2.12. The van der Waals surface area contributed by atoms with Gasteiger partial charge in [0.15, 0.2) is 5.82 Å². The maximum atomic E-state index is 13.7. The van der Waals surface area contributed by atoms with Gasteiger partial charge in [0.05, 0.1) is 17.9 Å². The van der Waals surface area contributed by atoms with Gasteiger partial charge in [0, 0.05) is 25.7 Å². The van der Waals surface area contributed by atoms with Gasteiger partial charge >= 0.3 is 5.69 Å². The summed E-state index contributed by atoms with van der Waals surface area (Å²) in [4.78, 5) is 29.1. The molecule has 0 fully saturated rings. The number of carbonyl (C=O) groups excluding carboxylic acids is 1. The van der Waals surface area contributed by atoms with Gasteiger partial charge in [0.2, 0.25) is 0 Å². The highest BCUT2D eigenvalue weighted by molar-refractivity contribution is 5.59. The van der Waals surface area contributed by atoms with E-state index < -0.39 is 0 Å². The summed E-state index contributed by atoms with van der Waals surface area (Å²) in [6, 6.07) is 6.56. The van der Waals surface area contributed by atoms with Crippen LogP contribution in [0.1, 0.15) is 69.2 Å². The fraction of sp³-hybridized carbons (Fsp3) is 0.480. The van der Waals surface area contributed by atoms with Crippen molar-refractivity contribution >= 4 is 12.0 Å². The first kappa shape index (κ1) is 29.5. The Morgan fingerprint density at radius 1 is 1.20 bits per heavy atom. The van der Waals surface area contributed by atoms with Crippen LogP contribution in [-0.2, 0) is 17.8 Å². The summed E-state index contributed by atoms with van der Waals surface area (Å²) in [7, 11) is 1.91. The Morgan fingerprint density at radius 3 is 2.40 bits per heavy atom. The number of imidazole rings is 1. The molecular formula is C25H38FN7O2. The lowest BCUT2D eigenvalue weighted by Gasteiger charge is -2.20. The molecule has 0 unspecified atom stereocenters. The van der Waals surface area contributed by atoms with Crippen LogP contribution in [0.25, 0.3) is 5.70 Å².